The van der Waals surface area contributed by atoms with Gasteiger partial charge in [-0.2, -0.15) is 5.26 Å². The van der Waals surface area contributed by atoms with E-state index < -0.39 is 0 Å². The van der Waals surface area contributed by atoms with Crippen molar-refractivity contribution < 1.29 is 4.74 Å². The fourth-order valence-electron chi connectivity index (χ4n) is 1.51. The zero-order valence-corrected chi connectivity index (χ0v) is 10.9. The smallest absolute Gasteiger partial charge is 0.171 e. The molecule has 2 rings (SSSR count). The van der Waals surface area contributed by atoms with Crippen molar-refractivity contribution >= 4 is 11.6 Å². The second kappa shape index (κ2) is 6.03. The molecule has 0 saturated carbocycles. The molecule has 0 aliphatic heterocycles. The van der Waals surface area contributed by atoms with E-state index in [1.807, 2.05) is 36.4 Å². The number of rotatable bonds is 4. The molecule has 0 fully saturated rings. The molecule has 1 aromatic heterocycles. The van der Waals surface area contributed by atoms with Crippen molar-refractivity contribution in [3.8, 4) is 22.9 Å². The molecule has 0 amide bonds. The lowest BCUT2D eigenvalue weighted by Gasteiger charge is -2.08. The predicted molar refractivity (Wildman–Crippen MR) is 74.9 cm³/mol. The fourth-order valence-corrected chi connectivity index (χ4v) is 1.67. The first-order chi connectivity index (χ1) is 9.20. The van der Waals surface area contributed by atoms with Gasteiger partial charge in [-0.25, -0.2) is 4.98 Å². The third-order valence-electron chi connectivity index (χ3n) is 2.47. The number of ether oxygens (including phenoxy) is 1. The van der Waals surface area contributed by atoms with Crippen LogP contribution in [-0.2, 0) is 0 Å². The van der Waals surface area contributed by atoms with Gasteiger partial charge in [-0.15, -0.1) is 0 Å². The average Bonchev–Trinajstić information content (AvgIpc) is 2.47. The van der Waals surface area contributed by atoms with Crippen molar-refractivity contribution in [2.24, 2.45) is 0 Å². The van der Waals surface area contributed by atoms with Gasteiger partial charge in [0.2, 0.25) is 0 Å². The fraction of sp³-hybridized carbons (Fsp3) is 0.0667. The number of benzene rings is 1. The van der Waals surface area contributed by atoms with Gasteiger partial charge in [0.05, 0.1) is 11.6 Å². The van der Waals surface area contributed by atoms with E-state index in [-0.39, 0.29) is 11.8 Å². The molecule has 0 spiro atoms. The van der Waals surface area contributed by atoms with Crippen LogP contribution in [0.25, 0.3) is 11.1 Å². The monoisotopic (exact) mass is 270 g/mol. The van der Waals surface area contributed by atoms with Crippen LogP contribution in [0.5, 0.6) is 5.75 Å². The summed E-state index contributed by atoms with van der Waals surface area (Å²) in [6.45, 7) is 3.66. The van der Waals surface area contributed by atoms with Crippen LogP contribution in [0, 0.1) is 11.3 Å². The van der Waals surface area contributed by atoms with Gasteiger partial charge in [0, 0.05) is 11.8 Å². The van der Waals surface area contributed by atoms with Gasteiger partial charge >= 0.3 is 0 Å². The molecule has 0 radical (unpaired) electrons. The number of nitrogens with zero attached hydrogens (tertiary/aromatic N) is 2. The standard InChI is InChI=1S/C15H11ClN2O/c1-11(8-17)10-19-14-7-13(9-18-15(14)16)12-5-3-2-4-6-12/h2-7,9H,1,10H2. The lowest BCUT2D eigenvalue weighted by molar-refractivity contribution is 0.356. The zero-order valence-electron chi connectivity index (χ0n) is 10.1. The normalized spacial score (nSPS) is 9.68. The van der Waals surface area contributed by atoms with Gasteiger partial charge in [-0.1, -0.05) is 48.5 Å². The second-order valence-electron chi connectivity index (χ2n) is 3.88. The van der Waals surface area contributed by atoms with Crippen LogP contribution in [-0.4, -0.2) is 11.6 Å². The Kier molecular flexibility index (Phi) is 4.17. The maximum absolute atomic E-state index is 8.64. The molecule has 94 valence electrons. The van der Waals surface area contributed by atoms with Gasteiger partial charge < -0.3 is 4.74 Å². The van der Waals surface area contributed by atoms with Crippen molar-refractivity contribution in [3.05, 3.63) is 59.9 Å². The van der Waals surface area contributed by atoms with E-state index in [1.165, 1.54) is 0 Å². The van der Waals surface area contributed by atoms with E-state index in [2.05, 4.69) is 11.6 Å². The molecule has 0 N–H and O–H groups in total. The van der Waals surface area contributed by atoms with Crippen LogP contribution in [0.3, 0.4) is 0 Å². The summed E-state index contributed by atoms with van der Waals surface area (Å²) in [6, 6.07) is 13.5. The summed E-state index contributed by atoms with van der Waals surface area (Å²) < 4.78 is 5.44. The molecular formula is C15H11ClN2O. The predicted octanol–water partition coefficient (Wildman–Crippen LogP) is 3.86. The molecule has 0 bridgehead atoms. The average molecular weight is 271 g/mol. The molecule has 4 heteroatoms. The van der Waals surface area contributed by atoms with E-state index in [4.69, 9.17) is 21.6 Å². The van der Waals surface area contributed by atoms with Gasteiger partial charge in [0.1, 0.15) is 6.61 Å². The molecule has 2 aromatic rings. The van der Waals surface area contributed by atoms with Crippen molar-refractivity contribution in [1.29, 1.82) is 5.26 Å². The molecule has 1 heterocycles. The first-order valence-electron chi connectivity index (χ1n) is 5.62. The number of pyridine rings is 1. The maximum atomic E-state index is 8.64. The highest BCUT2D eigenvalue weighted by Gasteiger charge is 2.07. The van der Waals surface area contributed by atoms with E-state index in [9.17, 15) is 0 Å². The Balaban J connectivity index is 2.25. The lowest BCUT2D eigenvalue weighted by Crippen LogP contribution is -2.00. The second-order valence-corrected chi connectivity index (χ2v) is 4.24. The first-order valence-corrected chi connectivity index (χ1v) is 6.00. The molecular weight excluding hydrogens is 260 g/mol. The minimum atomic E-state index is 0.107. The summed E-state index contributed by atoms with van der Waals surface area (Å²) in [5.41, 5.74) is 2.26. The summed E-state index contributed by atoms with van der Waals surface area (Å²) in [5, 5.41) is 8.91. The quantitative estimate of drug-likeness (QED) is 0.626. The highest BCUT2D eigenvalue weighted by Crippen LogP contribution is 2.28. The Morgan fingerprint density at radius 3 is 2.74 bits per heavy atom. The van der Waals surface area contributed by atoms with E-state index >= 15 is 0 Å². The minimum Gasteiger partial charge on any atom is -0.485 e. The Morgan fingerprint density at radius 2 is 2.05 bits per heavy atom. The number of halogens is 1. The van der Waals surface area contributed by atoms with Crippen LogP contribution in [0.2, 0.25) is 5.15 Å². The highest BCUT2D eigenvalue weighted by molar-refractivity contribution is 6.30. The van der Waals surface area contributed by atoms with Crippen LogP contribution in [0.4, 0.5) is 0 Å². The van der Waals surface area contributed by atoms with E-state index in [0.29, 0.717) is 11.3 Å². The van der Waals surface area contributed by atoms with Crippen molar-refractivity contribution in [1.82, 2.24) is 4.98 Å². The Bertz CT molecular complexity index is 632. The SMILES string of the molecule is C=C(C#N)COc1cc(-c2ccccc2)cnc1Cl. The van der Waals surface area contributed by atoms with Crippen LogP contribution in [0.1, 0.15) is 0 Å². The molecule has 0 aliphatic rings. The van der Waals surface area contributed by atoms with Gasteiger partial charge in [-0.3, -0.25) is 0 Å². The first kappa shape index (κ1) is 13.1. The molecule has 0 aliphatic carbocycles. The number of hydrogen-bond donors (Lipinski definition) is 0. The summed E-state index contributed by atoms with van der Waals surface area (Å²) in [4.78, 5) is 4.09. The third-order valence-corrected chi connectivity index (χ3v) is 2.76. The third kappa shape index (κ3) is 3.34. The van der Waals surface area contributed by atoms with Crippen LogP contribution in [0.15, 0.2) is 54.7 Å². The van der Waals surface area contributed by atoms with Crippen LogP contribution >= 0.6 is 11.6 Å². The molecule has 3 nitrogen and oxygen atoms in total. The van der Waals surface area contributed by atoms with Gasteiger partial charge in [0.25, 0.3) is 0 Å². The summed E-state index contributed by atoms with van der Waals surface area (Å²) in [6.07, 6.45) is 1.68. The zero-order chi connectivity index (χ0) is 13.7. The topological polar surface area (TPSA) is 45.9 Å². The van der Waals surface area contributed by atoms with Crippen LogP contribution < -0.4 is 4.74 Å². The summed E-state index contributed by atoms with van der Waals surface area (Å²) in [5.74, 6) is 0.444. The molecule has 19 heavy (non-hydrogen) atoms. The molecule has 0 saturated heterocycles. The number of aromatic nitrogens is 1. The number of nitriles is 1. The summed E-state index contributed by atoms with van der Waals surface area (Å²) >= 11 is 5.96. The van der Waals surface area contributed by atoms with Crippen molar-refractivity contribution in [2.45, 2.75) is 0 Å². The molecule has 0 unspecified atom stereocenters. The molecule has 1 aromatic carbocycles. The number of hydrogen-bond acceptors (Lipinski definition) is 3. The van der Waals surface area contributed by atoms with Gasteiger partial charge in [-0.05, 0) is 11.6 Å². The highest BCUT2D eigenvalue weighted by atomic mass is 35.5. The Hall–Kier alpha value is -2.31. The van der Waals surface area contributed by atoms with E-state index in [1.54, 1.807) is 12.3 Å². The lowest BCUT2D eigenvalue weighted by atomic mass is 10.1. The van der Waals surface area contributed by atoms with Crippen molar-refractivity contribution in [2.75, 3.05) is 6.61 Å². The largest absolute Gasteiger partial charge is 0.485 e. The van der Waals surface area contributed by atoms with Gasteiger partial charge in [0.15, 0.2) is 10.9 Å². The molecule has 0 atom stereocenters. The maximum Gasteiger partial charge on any atom is 0.171 e. The Morgan fingerprint density at radius 1 is 1.32 bits per heavy atom. The summed E-state index contributed by atoms with van der Waals surface area (Å²) in [7, 11) is 0. The minimum absolute atomic E-state index is 0.107. The van der Waals surface area contributed by atoms with E-state index in [0.717, 1.165) is 11.1 Å². The van der Waals surface area contributed by atoms with Crippen molar-refractivity contribution in [3.63, 3.8) is 0 Å². The Labute approximate surface area is 116 Å².